The van der Waals surface area contributed by atoms with Crippen molar-refractivity contribution in [1.29, 1.82) is 0 Å². The summed E-state index contributed by atoms with van der Waals surface area (Å²) < 4.78 is 1.68. The third-order valence-electron chi connectivity index (χ3n) is 2.18. The van der Waals surface area contributed by atoms with Crippen LogP contribution in [0, 0.1) is 0 Å². The molecule has 3 N–H and O–H groups in total. The van der Waals surface area contributed by atoms with Crippen LogP contribution in [0.15, 0.2) is 24.5 Å². The number of hydrogen-bond acceptors (Lipinski definition) is 4. The second-order valence-corrected chi connectivity index (χ2v) is 3.29. The first-order valence-corrected chi connectivity index (χ1v) is 4.22. The summed E-state index contributed by atoms with van der Waals surface area (Å²) in [7, 11) is 1.75. The van der Waals surface area contributed by atoms with Crippen molar-refractivity contribution in [2.75, 3.05) is 0 Å². The normalized spacial score (nSPS) is 11.5. The average molecular weight is 200 g/mol. The molecule has 0 saturated heterocycles. The SMILES string of the molecule is Cn1ccc2ccnc([B-](O)(O)O)c21.[Li+]. The van der Waals surface area contributed by atoms with Crippen LogP contribution in [0.25, 0.3) is 10.9 Å². The van der Waals surface area contributed by atoms with Gasteiger partial charge in [-0.05, 0) is 23.1 Å². The fraction of sp³-hybridized carbons (Fsp3) is 0.125. The van der Waals surface area contributed by atoms with Crippen molar-refractivity contribution in [3.8, 4) is 0 Å². The van der Waals surface area contributed by atoms with Crippen LogP contribution in [0.1, 0.15) is 0 Å². The summed E-state index contributed by atoms with van der Waals surface area (Å²) in [6.07, 6.45) is 3.19. The molecule has 0 aliphatic carbocycles. The Balaban J connectivity index is 0.00000112. The molecule has 2 rings (SSSR count). The summed E-state index contributed by atoms with van der Waals surface area (Å²) in [5, 5.41) is 28.2. The fourth-order valence-corrected chi connectivity index (χ4v) is 1.55. The maximum atomic E-state index is 9.13. The van der Waals surface area contributed by atoms with Crippen LogP contribution in [0.4, 0.5) is 0 Å². The number of hydrogen-bond donors (Lipinski definition) is 3. The smallest absolute Gasteiger partial charge is 0.555 e. The van der Waals surface area contributed by atoms with Gasteiger partial charge in [0.2, 0.25) is 0 Å². The Kier molecular flexibility index (Phi) is 3.29. The van der Waals surface area contributed by atoms with E-state index in [0.717, 1.165) is 5.39 Å². The second kappa shape index (κ2) is 4.01. The van der Waals surface area contributed by atoms with Gasteiger partial charge >= 0.3 is 25.6 Å². The van der Waals surface area contributed by atoms with Crippen LogP contribution < -0.4 is 24.5 Å². The molecule has 0 aromatic carbocycles. The van der Waals surface area contributed by atoms with Crippen LogP contribution >= 0.6 is 0 Å². The van der Waals surface area contributed by atoms with E-state index in [1.165, 1.54) is 6.20 Å². The average Bonchev–Trinajstić information content (AvgIpc) is 2.46. The molecule has 0 atom stereocenters. The molecule has 74 valence electrons. The number of nitrogens with zero attached hydrogens (tertiary/aromatic N) is 2. The van der Waals surface area contributed by atoms with Gasteiger partial charge in [0, 0.05) is 25.0 Å². The molecule has 7 heteroatoms. The Hall–Kier alpha value is -0.768. The van der Waals surface area contributed by atoms with Gasteiger partial charge in [-0.2, -0.15) is 0 Å². The van der Waals surface area contributed by atoms with E-state index in [1.807, 2.05) is 6.07 Å². The van der Waals surface area contributed by atoms with Crippen molar-refractivity contribution in [3.63, 3.8) is 0 Å². The van der Waals surface area contributed by atoms with E-state index in [-0.39, 0.29) is 24.5 Å². The zero-order valence-corrected chi connectivity index (χ0v) is 8.62. The first-order valence-electron chi connectivity index (χ1n) is 4.22. The fourth-order valence-electron chi connectivity index (χ4n) is 1.55. The van der Waals surface area contributed by atoms with E-state index in [2.05, 4.69) is 4.98 Å². The van der Waals surface area contributed by atoms with Gasteiger partial charge < -0.3 is 19.6 Å². The molecule has 0 aliphatic rings. The number of fused-ring (bicyclic) bond motifs is 1. The number of rotatable bonds is 1. The quantitative estimate of drug-likeness (QED) is 0.407. The summed E-state index contributed by atoms with van der Waals surface area (Å²) in [6, 6.07) is 3.54. The minimum absolute atomic E-state index is 0. The topological polar surface area (TPSA) is 78.5 Å². The van der Waals surface area contributed by atoms with Crippen molar-refractivity contribution in [2.24, 2.45) is 7.05 Å². The maximum absolute atomic E-state index is 9.13. The Morgan fingerprint density at radius 3 is 2.53 bits per heavy atom. The molecule has 0 saturated carbocycles. The summed E-state index contributed by atoms with van der Waals surface area (Å²) >= 11 is 0. The summed E-state index contributed by atoms with van der Waals surface area (Å²) in [5.74, 6) is 0. The number of aromatic nitrogens is 2. The van der Waals surface area contributed by atoms with E-state index in [9.17, 15) is 0 Å². The van der Waals surface area contributed by atoms with Gasteiger partial charge in [0.25, 0.3) is 0 Å². The Bertz CT molecular complexity index is 480. The van der Waals surface area contributed by atoms with Crippen LogP contribution in [-0.2, 0) is 7.05 Å². The first-order chi connectivity index (χ1) is 6.50. The van der Waals surface area contributed by atoms with Crippen molar-refractivity contribution in [3.05, 3.63) is 24.5 Å². The zero-order valence-electron chi connectivity index (χ0n) is 8.62. The van der Waals surface area contributed by atoms with Gasteiger partial charge in [0.05, 0.1) is 0 Å². The van der Waals surface area contributed by atoms with Crippen LogP contribution in [0.3, 0.4) is 0 Å². The molecule has 0 amide bonds. The molecular weight excluding hydrogens is 190 g/mol. The molecule has 0 bridgehead atoms. The molecule has 0 unspecified atom stereocenters. The van der Waals surface area contributed by atoms with Gasteiger partial charge in [0.15, 0.2) is 0 Å². The van der Waals surface area contributed by atoms with Crippen molar-refractivity contribution >= 4 is 23.3 Å². The standard InChI is InChI=1S/C8H10BN2O3.Li/c1-11-5-3-6-2-4-10-8(7(6)11)9(12,13)14;/h2-5,12-14H,1H3;/q-1;+1. The summed E-state index contributed by atoms with van der Waals surface area (Å²) in [4.78, 5) is 3.77. The summed E-state index contributed by atoms with van der Waals surface area (Å²) in [6.45, 7) is -3.54. The molecular formula is C8H10BLiN2O3. The monoisotopic (exact) mass is 200 g/mol. The molecule has 0 fully saturated rings. The Morgan fingerprint density at radius 1 is 1.27 bits per heavy atom. The predicted molar refractivity (Wildman–Crippen MR) is 52.8 cm³/mol. The van der Waals surface area contributed by atoms with E-state index in [1.54, 1.807) is 23.9 Å². The van der Waals surface area contributed by atoms with E-state index in [4.69, 9.17) is 15.1 Å². The minimum Gasteiger partial charge on any atom is -0.555 e. The molecule has 2 aromatic heterocycles. The minimum atomic E-state index is -3.54. The van der Waals surface area contributed by atoms with Gasteiger partial charge in [-0.25, -0.2) is 0 Å². The van der Waals surface area contributed by atoms with Crippen molar-refractivity contribution < 1.29 is 33.9 Å². The van der Waals surface area contributed by atoms with Crippen molar-refractivity contribution in [2.45, 2.75) is 0 Å². The predicted octanol–water partition coefficient (Wildman–Crippen LogP) is -4.30. The number of aryl methyl sites for hydroxylation is 1. The van der Waals surface area contributed by atoms with Gasteiger partial charge in [-0.1, -0.05) is 0 Å². The van der Waals surface area contributed by atoms with E-state index >= 15 is 0 Å². The van der Waals surface area contributed by atoms with E-state index < -0.39 is 6.75 Å². The van der Waals surface area contributed by atoms with Crippen LogP contribution in [0.5, 0.6) is 0 Å². The molecule has 5 nitrogen and oxygen atoms in total. The zero-order chi connectivity index (χ0) is 10.3. The largest absolute Gasteiger partial charge is 1.00 e. The molecule has 2 heterocycles. The third kappa shape index (κ3) is 2.09. The van der Waals surface area contributed by atoms with Crippen LogP contribution in [-0.4, -0.2) is 31.4 Å². The Labute approximate surface area is 98.6 Å². The number of pyridine rings is 1. The molecule has 0 radical (unpaired) electrons. The van der Waals surface area contributed by atoms with Crippen molar-refractivity contribution in [1.82, 2.24) is 9.55 Å². The molecule has 0 aliphatic heterocycles. The van der Waals surface area contributed by atoms with E-state index in [0.29, 0.717) is 5.52 Å². The van der Waals surface area contributed by atoms with Gasteiger partial charge in [-0.3, -0.25) is 4.98 Å². The van der Waals surface area contributed by atoms with Crippen LogP contribution in [0.2, 0.25) is 0 Å². The Morgan fingerprint density at radius 2 is 1.93 bits per heavy atom. The van der Waals surface area contributed by atoms with Gasteiger partial charge in [-0.15, -0.1) is 0 Å². The first kappa shape index (κ1) is 12.3. The molecule has 0 spiro atoms. The maximum Gasteiger partial charge on any atom is 1.00 e. The summed E-state index contributed by atoms with van der Waals surface area (Å²) in [5.41, 5.74) is 0.426. The second-order valence-electron chi connectivity index (χ2n) is 3.29. The third-order valence-corrected chi connectivity index (χ3v) is 2.18. The molecule has 2 aromatic rings. The molecule has 15 heavy (non-hydrogen) atoms. The van der Waals surface area contributed by atoms with Gasteiger partial charge in [0.1, 0.15) is 0 Å².